The van der Waals surface area contributed by atoms with Crippen molar-refractivity contribution < 1.29 is 32.3 Å². The van der Waals surface area contributed by atoms with Gasteiger partial charge in [0.15, 0.2) is 0 Å². The SMILES string of the molecule is C#CCN(C(=O)OC)c1ccccc1C=NN=C(C)C(=NOC)c1ccc(Oc2ccc(C(F)(F)F)cc2)cc1. The second kappa shape index (κ2) is 13.6. The molecule has 0 bridgehead atoms. The van der Waals surface area contributed by atoms with Gasteiger partial charge in [0.1, 0.15) is 24.3 Å². The minimum Gasteiger partial charge on any atom is -0.457 e. The number of ether oxygens (including phenoxy) is 2. The number of carbonyl (C=O) groups is 1. The Morgan fingerprint density at radius 2 is 1.62 bits per heavy atom. The number of carbonyl (C=O) groups excluding carboxylic acids is 1. The number of oxime groups is 1. The minimum absolute atomic E-state index is 0.00302. The lowest BCUT2D eigenvalue weighted by Crippen LogP contribution is -2.31. The zero-order valence-electron chi connectivity index (χ0n) is 21.8. The molecule has 0 N–H and O–H groups in total. The molecule has 0 aliphatic rings. The van der Waals surface area contributed by atoms with Crippen LogP contribution in [-0.4, -0.2) is 44.5 Å². The van der Waals surface area contributed by atoms with Crippen molar-refractivity contribution >= 4 is 29.4 Å². The molecule has 40 heavy (non-hydrogen) atoms. The van der Waals surface area contributed by atoms with Gasteiger partial charge in [-0.2, -0.15) is 23.4 Å². The molecule has 3 aromatic rings. The average molecular weight is 551 g/mol. The van der Waals surface area contributed by atoms with Crippen LogP contribution in [0, 0.1) is 12.3 Å². The number of benzene rings is 3. The molecule has 1 amide bonds. The predicted octanol–water partition coefficient (Wildman–Crippen LogP) is 6.55. The standard InChI is InChI=1S/C29H25F3N4O4/c1-5-18-36(28(37)38-3)26-9-7-6-8-22(26)19-33-34-20(2)27(35-39-4)21-10-14-24(15-11-21)40-25-16-12-23(13-17-25)29(30,31)32/h1,6-17,19H,18H2,2-4H3. The van der Waals surface area contributed by atoms with Crippen molar-refractivity contribution in [2.45, 2.75) is 13.1 Å². The van der Waals surface area contributed by atoms with Crippen molar-refractivity contribution in [1.29, 1.82) is 0 Å². The maximum atomic E-state index is 12.8. The third kappa shape index (κ3) is 7.70. The number of alkyl halides is 3. The Bertz CT molecular complexity index is 1440. The van der Waals surface area contributed by atoms with E-state index in [0.717, 1.165) is 12.1 Å². The molecule has 11 heteroatoms. The Morgan fingerprint density at radius 1 is 1.00 bits per heavy atom. The first-order valence-electron chi connectivity index (χ1n) is 11.7. The molecule has 0 saturated carbocycles. The van der Waals surface area contributed by atoms with Crippen molar-refractivity contribution in [3.63, 3.8) is 0 Å². The van der Waals surface area contributed by atoms with Crippen molar-refractivity contribution in [2.75, 3.05) is 25.7 Å². The van der Waals surface area contributed by atoms with Crippen molar-refractivity contribution in [2.24, 2.45) is 15.4 Å². The van der Waals surface area contributed by atoms with Crippen LogP contribution in [0.15, 0.2) is 88.2 Å². The number of para-hydroxylation sites is 1. The zero-order chi connectivity index (χ0) is 29.1. The van der Waals surface area contributed by atoms with E-state index in [1.54, 1.807) is 55.5 Å². The van der Waals surface area contributed by atoms with Gasteiger partial charge in [0.2, 0.25) is 0 Å². The van der Waals surface area contributed by atoms with Gasteiger partial charge >= 0.3 is 12.3 Å². The van der Waals surface area contributed by atoms with Crippen LogP contribution in [0.1, 0.15) is 23.6 Å². The van der Waals surface area contributed by atoms with Gasteiger partial charge in [0.25, 0.3) is 0 Å². The summed E-state index contributed by atoms with van der Waals surface area (Å²) in [4.78, 5) is 18.5. The second-order valence-corrected chi connectivity index (χ2v) is 8.02. The van der Waals surface area contributed by atoms with E-state index in [0.29, 0.717) is 34.0 Å². The Labute approximate surface area is 229 Å². The van der Waals surface area contributed by atoms with Gasteiger partial charge in [-0.15, -0.1) is 6.42 Å². The minimum atomic E-state index is -4.42. The van der Waals surface area contributed by atoms with E-state index in [2.05, 4.69) is 21.3 Å². The molecule has 0 aromatic heterocycles. The van der Waals surface area contributed by atoms with Crippen LogP contribution in [-0.2, 0) is 15.8 Å². The summed E-state index contributed by atoms with van der Waals surface area (Å²) in [7, 11) is 2.65. The van der Waals surface area contributed by atoms with E-state index in [1.165, 1.54) is 37.5 Å². The molecule has 0 atom stereocenters. The number of methoxy groups -OCH3 is 1. The summed E-state index contributed by atoms with van der Waals surface area (Å²) in [5.74, 6) is 3.09. The number of rotatable bonds is 9. The monoisotopic (exact) mass is 550 g/mol. The van der Waals surface area contributed by atoms with E-state index < -0.39 is 17.8 Å². The number of hydrogen-bond acceptors (Lipinski definition) is 7. The topological polar surface area (TPSA) is 85.1 Å². The predicted molar refractivity (Wildman–Crippen MR) is 147 cm³/mol. The number of anilines is 1. The Kier molecular flexibility index (Phi) is 10.0. The first-order valence-corrected chi connectivity index (χ1v) is 11.7. The molecule has 0 aliphatic heterocycles. The largest absolute Gasteiger partial charge is 0.457 e. The quantitative estimate of drug-likeness (QED) is 0.172. The maximum absolute atomic E-state index is 12.8. The summed E-state index contributed by atoms with van der Waals surface area (Å²) < 4.78 is 48.8. The highest BCUT2D eigenvalue weighted by molar-refractivity contribution is 6.47. The van der Waals surface area contributed by atoms with Crippen LogP contribution in [0.3, 0.4) is 0 Å². The highest BCUT2D eigenvalue weighted by atomic mass is 19.4. The van der Waals surface area contributed by atoms with Gasteiger partial charge in [-0.25, -0.2) is 4.79 Å². The zero-order valence-corrected chi connectivity index (χ0v) is 21.8. The van der Waals surface area contributed by atoms with Gasteiger partial charge in [-0.3, -0.25) is 4.90 Å². The van der Waals surface area contributed by atoms with Crippen LogP contribution in [0.25, 0.3) is 0 Å². The van der Waals surface area contributed by atoms with Crippen LogP contribution >= 0.6 is 0 Å². The fourth-order valence-corrected chi connectivity index (χ4v) is 3.46. The highest BCUT2D eigenvalue weighted by Gasteiger charge is 2.30. The summed E-state index contributed by atoms with van der Waals surface area (Å²) in [6, 6.07) is 18.1. The van der Waals surface area contributed by atoms with Crippen molar-refractivity contribution in [3.8, 4) is 23.8 Å². The van der Waals surface area contributed by atoms with Crippen LogP contribution in [0.4, 0.5) is 23.7 Å². The molecular weight excluding hydrogens is 525 g/mol. The van der Waals surface area contributed by atoms with Crippen LogP contribution < -0.4 is 9.64 Å². The molecule has 206 valence electrons. The smallest absolute Gasteiger partial charge is 0.416 e. The molecule has 0 saturated heterocycles. The fraction of sp³-hybridized carbons (Fsp3) is 0.172. The molecule has 0 radical (unpaired) electrons. The summed E-state index contributed by atoms with van der Waals surface area (Å²) in [5.41, 5.74) is 1.75. The molecule has 8 nitrogen and oxygen atoms in total. The molecule has 0 aliphatic carbocycles. The Balaban J connectivity index is 1.78. The van der Waals surface area contributed by atoms with Crippen molar-refractivity contribution in [1.82, 2.24) is 0 Å². The normalized spacial score (nSPS) is 12.1. The summed E-state index contributed by atoms with van der Waals surface area (Å²) >= 11 is 0. The number of terminal acetylenes is 1. The molecule has 0 heterocycles. The highest BCUT2D eigenvalue weighted by Crippen LogP contribution is 2.31. The molecule has 0 fully saturated rings. The number of halogens is 3. The van der Waals surface area contributed by atoms with Gasteiger partial charge in [-0.1, -0.05) is 29.3 Å². The fourth-order valence-electron chi connectivity index (χ4n) is 3.46. The number of nitrogens with zero attached hydrogens (tertiary/aromatic N) is 4. The average Bonchev–Trinajstić information content (AvgIpc) is 2.95. The lowest BCUT2D eigenvalue weighted by atomic mass is 10.1. The van der Waals surface area contributed by atoms with Gasteiger partial charge < -0.3 is 14.3 Å². The third-order valence-electron chi connectivity index (χ3n) is 5.35. The van der Waals surface area contributed by atoms with Gasteiger partial charge in [-0.05, 0) is 61.5 Å². The van der Waals surface area contributed by atoms with E-state index in [-0.39, 0.29) is 12.3 Å². The molecule has 3 aromatic carbocycles. The van der Waals surface area contributed by atoms with Crippen LogP contribution in [0.2, 0.25) is 0 Å². The third-order valence-corrected chi connectivity index (χ3v) is 5.35. The maximum Gasteiger partial charge on any atom is 0.416 e. The van der Waals surface area contributed by atoms with Gasteiger partial charge in [0.05, 0.1) is 36.8 Å². The van der Waals surface area contributed by atoms with Crippen LogP contribution in [0.5, 0.6) is 11.5 Å². The van der Waals surface area contributed by atoms with E-state index >= 15 is 0 Å². The number of amides is 1. The first kappa shape index (κ1) is 29.4. The first-order chi connectivity index (χ1) is 19.2. The lowest BCUT2D eigenvalue weighted by molar-refractivity contribution is -0.137. The molecule has 0 unspecified atom stereocenters. The molecular formula is C29H25F3N4O4. The number of hydrogen-bond donors (Lipinski definition) is 0. The van der Waals surface area contributed by atoms with E-state index in [9.17, 15) is 18.0 Å². The molecule has 0 spiro atoms. The Hall–Kier alpha value is -5.11. The second-order valence-electron chi connectivity index (χ2n) is 8.02. The Morgan fingerprint density at radius 3 is 2.20 bits per heavy atom. The van der Waals surface area contributed by atoms with Crippen molar-refractivity contribution in [3.05, 3.63) is 89.5 Å². The van der Waals surface area contributed by atoms with E-state index in [1.807, 2.05) is 0 Å². The molecule has 3 rings (SSSR count). The lowest BCUT2D eigenvalue weighted by Gasteiger charge is -2.20. The summed E-state index contributed by atoms with van der Waals surface area (Å²) in [6.45, 7) is 1.69. The van der Waals surface area contributed by atoms with Gasteiger partial charge in [0, 0.05) is 11.1 Å². The van der Waals surface area contributed by atoms with E-state index in [4.69, 9.17) is 20.7 Å². The summed E-state index contributed by atoms with van der Waals surface area (Å²) in [6.07, 6.45) is 1.84. The summed E-state index contributed by atoms with van der Waals surface area (Å²) in [5, 5.41) is 12.4.